The molecule has 1 fully saturated rings. The monoisotopic (exact) mass is 600 g/mol. The van der Waals surface area contributed by atoms with Gasteiger partial charge in [-0.1, -0.05) is 56.3 Å². The fraction of sp³-hybridized carbons (Fsp3) is 0.281. The molecule has 2 bridgehead atoms. The van der Waals surface area contributed by atoms with Crippen molar-refractivity contribution in [1.29, 1.82) is 0 Å². The molecule has 2 aliphatic rings. The van der Waals surface area contributed by atoms with Crippen LogP contribution in [-0.4, -0.2) is 56.9 Å². The van der Waals surface area contributed by atoms with E-state index in [0.717, 1.165) is 5.56 Å². The van der Waals surface area contributed by atoms with E-state index >= 15 is 4.39 Å². The zero-order valence-electron chi connectivity index (χ0n) is 24.0. The van der Waals surface area contributed by atoms with Crippen LogP contribution in [0.5, 0.6) is 0 Å². The summed E-state index contributed by atoms with van der Waals surface area (Å²) in [6.07, 6.45) is 1.22. The van der Waals surface area contributed by atoms with E-state index in [4.69, 9.17) is 16.6 Å². The highest BCUT2D eigenvalue weighted by atomic mass is 35.5. The molecule has 0 saturated carbocycles. The van der Waals surface area contributed by atoms with E-state index in [0.29, 0.717) is 42.1 Å². The molecule has 2 aliphatic heterocycles. The maximum Gasteiger partial charge on any atom is 0.355 e. The number of aromatic nitrogens is 3. The third-order valence-corrected chi connectivity index (χ3v) is 8.35. The first-order chi connectivity index (χ1) is 20.6. The summed E-state index contributed by atoms with van der Waals surface area (Å²) < 4.78 is 16.9. The van der Waals surface area contributed by atoms with Crippen molar-refractivity contribution in [3.8, 4) is 16.9 Å². The van der Waals surface area contributed by atoms with Gasteiger partial charge in [-0.3, -0.25) is 9.59 Å². The fourth-order valence-electron chi connectivity index (χ4n) is 6.03. The zero-order valence-corrected chi connectivity index (χ0v) is 24.8. The summed E-state index contributed by atoms with van der Waals surface area (Å²) in [5.74, 6) is -0.805. The fourth-order valence-corrected chi connectivity index (χ4v) is 6.28. The second-order valence-corrected chi connectivity index (χ2v) is 11.6. The van der Waals surface area contributed by atoms with Crippen LogP contribution in [0.2, 0.25) is 5.02 Å². The lowest BCUT2D eigenvalue weighted by molar-refractivity contribution is -0.126. The molecule has 220 valence electrons. The van der Waals surface area contributed by atoms with Crippen molar-refractivity contribution in [2.45, 2.75) is 39.2 Å². The van der Waals surface area contributed by atoms with E-state index in [9.17, 15) is 14.4 Å². The van der Waals surface area contributed by atoms with Gasteiger partial charge in [-0.15, -0.1) is 0 Å². The van der Waals surface area contributed by atoms with Gasteiger partial charge in [0.05, 0.1) is 39.5 Å². The van der Waals surface area contributed by atoms with E-state index < -0.39 is 11.5 Å². The molecule has 0 aliphatic carbocycles. The van der Waals surface area contributed by atoms with Gasteiger partial charge in [-0.05, 0) is 48.2 Å². The van der Waals surface area contributed by atoms with Crippen LogP contribution in [-0.2, 0) is 16.0 Å². The molecule has 0 radical (unpaired) electrons. The molecule has 4 aromatic rings. The van der Waals surface area contributed by atoms with Gasteiger partial charge in [0.2, 0.25) is 11.8 Å². The maximum atomic E-state index is 15.5. The Bertz CT molecular complexity index is 1890. The SMILES string of the molecule is C=CC(=O)N1CCN(c2nc(=O)n3c4nc(c(Cl)cc24)-c2c(F)cccc2NC(=O)Cc2cccc(C(C)C)c2-3)[C@H](C)C1. The molecule has 0 spiro atoms. The first-order valence-corrected chi connectivity index (χ1v) is 14.5. The number of carbonyl (C=O) groups excluding carboxylic acids is 2. The van der Waals surface area contributed by atoms with Crippen LogP contribution in [0.1, 0.15) is 37.8 Å². The van der Waals surface area contributed by atoms with Gasteiger partial charge in [0.25, 0.3) is 0 Å². The standard InChI is InChI=1S/C32H30ClFN6O3/c1-5-26(42)38-12-13-39(18(4)16-38)30-21-15-22(33)28-27-23(34)10-7-11-24(27)35-25(41)14-19-8-6-9-20(17(2)3)29(19)40(31(21)36-28)32(43)37-30/h5-11,15,17-18H,1,12-14,16H2,2-4H3,(H,35,41)/t18-/m1/s1. The Kier molecular flexibility index (Phi) is 7.25. The smallest absolute Gasteiger partial charge is 0.350 e. The van der Waals surface area contributed by atoms with Crippen LogP contribution in [0.25, 0.3) is 28.0 Å². The molecule has 6 rings (SSSR count). The number of anilines is 2. The lowest BCUT2D eigenvalue weighted by Gasteiger charge is -2.40. The lowest BCUT2D eigenvalue weighted by atomic mass is 9.95. The number of amides is 2. The average Bonchev–Trinajstić information content (AvgIpc) is 2.98. The molecule has 4 heterocycles. The summed E-state index contributed by atoms with van der Waals surface area (Å²) in [5, 5.41) is 3.45. The number of nitrogens with zero attached hydrogens (tertiary/aromatic N) is 5. The Morgan fingerprint density at radius 1 is 1.16 bits per heavy atom. The van der Waals surface area contributed by atoms with E-state index in [-0.39, 0.29) is 57.8 Å². The normalized spacial score (nSPS) is 16.5. The number of fused-ring (bicyclic) bond motifs is 5. The molecule has 11 heteroatoms. The van der Waals surface area contributed by atoms with Crippen molar-refractivity contribution >= 4 is 46.0 Å². The first-order valence-electron chi connectivity index (χ1n) is 14.1. The Morgan fingerprint density at radius 2 is 1.93 bits per heavy atom. The number of hydrogen-bond acceptors (Lipinski definition) is 6. The largest absolute Gasteiger partial charge is 0.355 e. The summed E-state index contributed by atoms with van der Waals surface area (Å²) in [5.41, 5.74) is 1.93. The summed E-state index contributed by atoms with van der Waals surface area (Å²) in [6, 6.07) is 11.4. The first kappa shape index (κ1) is 28.5. The Hall–Kier alpha value is -4.57. The molecule has 2 aromatic carbocycles. The number of para-hydroxylation sites is 1. The van der Waals surface area contributed by atoms with E-state index in [1.807, 2.05) is 37.8 Å². The van der Waals surface area contributed by atoms with Crippen molar-refractivity contribution in [2.24, 2.45) is 0 Å². The number of rotatable bonds is 3. The van der Waals surface area contributed by atoms with Gasteiger partial charge >= 0.3 is 5.69 Å². The van der Waals surface area contributed by atoms with Gasteiger partial charge in [0.15, 0.2) is 5.65 Å². The maximum absolute atomic E-state index is 15.5. The number of hydrogen-bond donors (Lipinski definition) is 1. The van der Waals surface area contributed by atoms with Crippen molar-refractivity contribution in [3.05, 3.63) is 87.6 Å². The van der Waals surface area contributed by atoms with Gasteiger partial charge in [0.1, 0.15) is 11.6 Å². The van der Waals surface area contributed by atoms with Crippen molar-refractivity contribution < 1.29 is 14.0 Å². The third-order valence-electron chi connectivity index (χ3n) is 8.06. The Morgan fingerprint density at radius 3 is 2.65 bits per heavy atom. The van der Waals surface area contributed by atoms with Gasteiger partial charge < -0.3 is 15.1 Å². The highest BCUT2D eigenvalue weighted by Crippen LogP contribution is 2.39. The predicted molar refractivity (Wildman–Crippen MR) is 166 cm³/mol. The molecular formula is C32H30ClFN6O3. The van der Waals surface area contributed by atoms with Crippen LogP contribution in [0.15, 0.2) is 59.9 Å². The number of halogens is 2. The van der Waals surface area contributed by atoms with Crippen molar-refractivity contribution in [1.82, 2.24) is 19.4 Å². The molecule has 43 heavy (non-hydrogen) atoms. The van der Waals surface area contributed by atoms with Crippen LogP contribution >= 0.6 is 11.6 Å². The predicted octanol–water partition coefficient (Wildman–Crippen LogP) is 5.08. The van der Waals surface area contributed by atoms with Gasteiger partial charge in [-0.25, -0.2) is 18.7 Å². The van der Waals surface area contributed by atoms with Crippen LogP contribution < -0.4 is 15.9 Å². The molecule has 9 nitrogen and oxygen atoms in total. The molecule has 0 unspecified atom stereocenters. The summed E-state index contributed by atoms with van der Waals surface area (Å²) in [7, 11) is 0. The topological polar surface area (TPSA) is 100 Å². The van der Waals surface area contributed by atoms with E-state index in [1.165, 1.54) is 22.8 Å². The highest BCUT2D eigenvalue weighted by molar-refractivity contribution is 6.34. The number of nitrogens with one attached hydrogen (secondary N) is 1. The second kappa shape index (κ2) is 10.9. The average molecular weight is 601 g/mol. The van der Waals surface area contributed by atoms with Crippen molar-refractivity contribution in [3.63, 3.8) is 0 Å². The molecule has 2 aromatic heterocycles. The number of pyridine rings is 1. The van der Waals surface area contributed by atoms with Crippen molar-refractivity contribution in [2.75, 3.05) is 29.9 Å². The van der Waals surface area contributed by atoms with Crippen LogP contribution in [0.4, 0.5) is 15.9 Å². The Balaban J connectivity index is 1.70. The number of piperazine rings is 1. The molecule has 1 N–H and O–H groups in total. The summed E-state index contributed by atoms with van der Waals surface area (Å²) in [6.45, 7) is 10.8. The quantitative estimate of drug-likeness (QED) is 0.329. The molecular weight excluding hydrogens is 571 g/mol. The van der Waals surface area contributed by atoms with Crippen LogP contribution in [0, 0.1) is 5.82 Å². The van der Waals surface area contributed by atoms with E-state index in [1.54, 1.807) is 23.1 Å². The van der Waals surface area contributed by atoms with Crippen LogP contribution in [0.3, 0.4) is 0 Å². The molecule has 1 saturated heterocycles. The van der Waals surface area contributed by atoms with Gasteiger partial charge in [0, 0.05) is 25.7 Å². The van der Waals surface area contributed by atoms with Gasteiger partial charge in [-0.2, -0.15) is 4.98 Å². The lowest BCUT2D eigenvalue weighted by Crippen LogP contribution is -2.54. The molecule has 2 amide bonds. The minimum atomic E-state index is -0.619. The molecule has 1 atom stereocenters. The number of benzene rings is 2. The second-order valence-electron chi connectivity index (χ2n) is 11.2. The highest BCUT2D eigenvalue weighted by Gasteiger charge is 2.31. The minimum absolute atomic E-state index is 0.0123. The zero-order chi connectivity index (χ0) is 30.6. The summed E-state index contributed by atoms with van der Waals surface area (Å²) >= 11 is 6.84. The minimum Gasteiger partial charge on any atom is -0.350 e. The number of carbonyl (C=O) groups is 2. The summed E-state index contributed by atoms with van der Waals surface area (Å²) in [4.78, 5) is 52.9. The third kappa shape index (κ3) is 4.85. The Labute approximate surface area is 252 Å². The van der Waals surface area contributed by atoms with E-state index in [2.05, 4.69) is 16.9 Å².